The van der Waals surface area contributed by atoms with E-state index >= 15 is 0 Å². The van der Waals surface area contributed by atoms with Gasteiger partial charge in [0.05, 0.1) is 0 Å². The second kappa shape index (κ2) is 3.02. The predicted molar refractivity (Wildman–Crippen MR) is 52.1 cm³/mol. The van der Waals surface area contributed by atoms with Crippen LogP contribution in [0.3, 0.4) is 0 Å². The lowest BCUT2D eigenvalue weighted by Gasteiger charge is -2.43. The average Bonchev–Trinajstić information content (AvgIpc) is 2.41. The molecule has 1 aliphatic carbocycles. The molecule has 1 N–H and O–H groups in total. The Labute approximate surface area is 75.9 Å². The minimum absolute atomic E-state index is 0.727. The molecule has 1 aliphatic heterocycles. The molecule has 2 rings (SSSR count). The molecule has 1 nitrogen and oxygen atoms in total. The molecule has 0 bridgehead atoms. The Bertz CT molecular complexity index is 166. The maximum atomic E-state index is 3.51. The molecule has 1 saturated carbocycles. The van der Waals surface area contributed by atoms with E-state index < -0.39 is 0 Å². The summed E-state index contributed by atoms with van der Waals surface area (Å²) in [6.45, 7) is 7.42. The first-order valence-corrected chi connectivity index (χ1v) is 5.46. The van der Waals surface area contributed by atoms with Gasteiger partial charge in [0, 0.05) is 0 Å². The maximum Gasteiger partial charge on any atom is -0.00177 e. The monoisotopic (exact) mass is 167 g/mol. The fourth-order valence-corrected chi connectivity index (χ4v) is 3.46. The summed E-state index contributed by atoms with van der Waals surface area (Å²) in [7, 11) is 0. The van der Waals surface area contributed by atoms with Crippen LogP contribution >= 0.6 is 0 Å². The molecule has 70 valence electrons. The van der Waals surface area contributed by atoms with Crippen LogP contribution in [0.2, 0.25) is 0 Å². The zero-order chi connectivity index (χ0) is 8.60. The molecule has 12 heavy (non-hydrogen) atoms. The highest BCUT2D eigenvalue weighted by Crippen LogP contribution is 2.51. The van der Waals surface area contributed by atoms with E-state index in [4.69, 9.17) is 0 Å². The van der Waals surface area contributed by atoms with Gasteiger partial charge in [0.15, 0.2) is 0 Å². The van der Waals surface area contributed by atoms with Crippen molar-refractivity contribution in [2.75, 3.05) is 13.1 Å². The van der Waals surface area contributed by atoms with Gasteiger partial charge in [-0.2, -0.15) is 0 Å². The van der Waals surface area contributed by atoms with Crippen LogP contribution in [0.25, 0.3) is 0 Å². The number of hydrogen-bond donors (Lipinski definition) is 1. The topological polar surface area (TPSA) is 12.0 Å². The van der Waals surface area contributed by atoms with Gasteiger partial charge in [0.2, 0.25) is 0 Å². The molecule has 2 aliphatic rings. The summed E-state index contributed by atoms with van der Waals surface area (Å²) in [4.78, 5) is 0. The SMILES string of the molecule is CC1CCCC12CCNCC2C. The summed E-state index contributed by atoms with van der Waals surface area (Å²) in [6.07, 6.45) is 5.88. The van der Waals surface area contributed by atoms with E-state index in [0.29, 0.717) is 0 Å². The molecule has 3 atom stereocenters. The second-order valence-corrected chi connectivity index (χ2v) is 4.88. The predicted octanol–water partition coefficient (Wildman–Crippen LogP) is 2.42. The first-order valence-electron chi connectivity index (χ1n) is 5.46. The van der Waals surface area contributed by atoms with E-state index in [1.54, 1.807) is 0 Å². The average molecular weight is 167 g/mol. The number of hydrogen-bond acceptors (Lipinski definition) is 1. The number of nitrogens with one attached hydrogen (secondary N) is 1. The Hall–Kier alpha value is -0.0400. The highest BCUT2D eigenvalue weighted by atomic mass is 14.9. The molecular weight excluding hydrogens is 146 g/mol. The van der Waals surface area contributed by atoms with Crippen molar-refractivity contribution in [2.24, 2.45) is 17.3 Å². The minimum Gasteiger partial charge on any atom is -0.316 e. The standard InChI is InChI=1S/C11H21N/c1-9-4-3-5-11(9)6-7-12-8-10(11)2/h9-10,12H,3-8H2,1-2H3. The van der Waals surface area contributed by atoms with Gasteiger partial charge in [-0.15, -0.1) is 0 Å². The van der Waals surface area contributed by atoms with Crippen LogP contribution in [-0.2, 0) is 0 Å². The summed E-state index contributed by atoms with van der Waals surface area (Å²) in [5.74, 6) is 1.89. The molecule has 0 radical (unpaired) electrons. The Morgan fingerprint density at radius 2 is 2.00 bits per heavy atom. The molecule has 0 aromatic rings. The largest absolute Gasteiger partial charge is 0.316 e. The summed E-state index contributed by atoms with van der Waals surface area (Å²) < 4.78 is 0. The number of piperidine rings is 1. The van der Waals surface area contributed by atoms with Crippen LogP contribution in [0.5, 0.6) is 0 Å². The zero-order valence-electron chi connectivity index (χ0n) is 8.40. The van der Waals surface area contributed by atoms with Crippen molar-refractivity contribution in [2.45, 2.75) is 39.5 Å². The third-order valence-electron chi connectivity index (χ3n) is 4.46. The van der Waals surface area contributed by atoms with E-state index in [1.807, 2.05) is 0 Å². The summed E-state index contributed by atoms with van der Waals surface area (Å²) in [6, 6.07) is 0. The van der Waals surface area contributed by atoms with Crippen molar-refractivity contribution >= 4 is 0 Å². The van der Waals surface area contributed by atoms with Crippen molar-refractivity contribution in [3.63, 3.8) is 0 Å². The van der Waals surface area contributed by atoms with E-state index in [2.05, 4.69) is 19.2 Å². The molecular formula is C11H21N. The lowest BCUT2D eigenvalue weighted by atomic mass is 9.65. The van der Waals surface area contributed by atoms with Gasteiger partial charge in [-0.05, 0) is 43.2 Å². The molecule has 1 spiro atoms. The van der Waals surface area contributed by atoms with Crippen molar-refractivity contribution in [3.05, 3.63) is 0 Å². The lowest BCUT2D eigenvalue weighted by Crippen LogP contribution is -2.45. The Morgan fingerprint density at radius 3 is 2.58 bits per heavy atom. The van der Waals surface area contributed by atoms with Gasteiger partial charge < -0.3 is 5.32 Å². The van der Waals surface area contributed by atoms with Crippen LogP contribution in [0.4, 0.5) is 0 Å². The molecule has 3 unspecified atom stereocenters. The minimum atomic E-state index is 0.727. The van der Waals surface area contributed by atoms with Crippen molar-refractivity contribution in [1.29, 1.82) is 0 Å². The van der Waals surface area contributed by atoms with Crippen LogP contribution in [0, 0.1) is 17.3 Å². The number of rotatable bonds is 0. The molecule has 1 heteroatoms. The normalized spacial score (nSPS) is 48.5. The Kier molecular flexibility index (Phi) is 2.16. The molecule has 1 heterocycles. The lowest BCUT2D eigenvalue weighted by molar-refractivity contribution is 0.0800. The van der Waals surface area contributed by atoms with Crippen LogP contribution in [0.15, 0.2) is 0 Å². The fourth-order valence-electron chi connectivity index (χ4n) is 3.46. The quantitative estimate of drug-likeness (QED) is 0.584. The smallest absolute Gasteiger partial charge is 0.00177 e. The summed E-state index contributed by atoms with van der Waals surface area (Å²) >= 11 is 0. The molecule has 2 fully saturated rings. The first kappa shape index (κ1) is 8.55. The summed E-state index contributed by atoms with van der Waals surface area (Å²) in [5, 5.41) is 3.51. The Balaban J connectivity index is 2.15. The van der Waals surface area contributed by atoms with Crippen LogP contribution < -0.4 is 5.32 Å². The summed E-state index contributed by atoms with van der Waals surface area (Å²) in [5.41, 5.74) is 0.727. The van der Waals surface area contributed by atoms with E-state index in [0.717, 1.165) is 17.3 Å². The highest BCUT2D eigenvalue weighted by Gasteiger charge is 2.45. The fraction of sp³-hybridized carbons (Fsp3) is 1.00. The molecule has 0 amide bonds. The molecule has 0 aromatic heterocycles. The van der Waals surface area contributed by atoms with Gasteiger partial charge in [-0.25, -0.2) is 0 Å². The molecule has 1 saturated heterocycles. The highest BCUT2D eigenvalue weighted by molar-refractivity contribution is 4.96. The first-order chi connectivity index (χ1) is 5.76. The second-order valence-electron chi connectivity index (χ2n) is 4.88. The van der Waals surface area contributed by atoms with E-state index in [9.17, 15) is 0 Å². The van der Waals surface area contributed by atoms with Gasteiger partial charge in [-0.1, -0.05) is 26.7 Å². The maximum absolute atomic E-state index is 3.51. The van der Waals surface area contributed by atoms with Gasteiger partial charge in [-0.3, -0.25) is 0 Å². The Morgan fingerprint density at radius 1 is 1.17 bits per heavy atom. The van der Waals surface area contributed by atoms with Gasteiger partial charge in [0.1, 0.15) is 0 Å². The third kappa shape index (κ3) is 1.10. The zero-order valence-corrected chi connectivity index (χ0v) is 8.40. The van der Waals surface area contributed by atoms with E-state index in [1.165, 1.54) is 38.8 Å². The van der Waals surface area contributed by atoms with Crippen LogP contribution in [-0.4, -0.2) is 13.1 Å². The van der Waals surface area contributed by atoms with Crippen molar-refractivity contribution in [1.82, 2.24) is 5.32 Å². The third-order valence-corrected chi connectivity index (χ3v) is 4.46. The van der Waals surface area contributed by atoms with Crippen LogP contribution in [0.1, 0.15) is 39.5 Å². The van der Waals surface area contributed by atoms with Gasteiger partial charge in [0.25, 0.3) is 0 Å². The van der Waals surface area contributed by atoms with Gasteiger partial charge >= 0.3 is 0 Å². The van der Waals surface area contributed by atoms with Crippen molar-refractivity contribution in [3.8, 4) is 0 Å². The molecule has 0 aromatic carbocycles. The van der Waals surface area contributed by atoms with E-state index in [-0.39, 0.29) is 0 Å². The van der Waals surface area contributed by atoms with Crippen molar-refractivity contribution < 1.29 is 0 Å².